The van der Waals surface area contributed by atoms with Crippen LogP contribution in [0.5, 0.6) is 5.75 Å². The first-order chi connectivity index (χ1) is 13.2. The Bertz CT molecular complexity index is 885. The summed E-state index contributed by atoms with van der Waals surface area (Å²) in [4.78, 5) is 8.41. The number of aromatic nitrogens is 3. The molecule has 0 aliphatic rings. The third kappa shape index (κ3) is 5.90. The molecule has 0 aliphatic heterocycles. The van der Waals surface area contributed by atoms with Gasteiger partial charge in [0.1, 0.15) is 11.6 Å². The van der Waals surface area contributed by atoms with E-state index in [-0.39, 0.29) is 36.3 Å². The van der Waals surface area contributed by atoms with Crippen LogP contribution in [0.4, 0.5) is 8.78 Å². The highest BCUT2D eigenvalue weighted by atomic mass is 127. The number of alkyl halides is 2. The van der Waals surface area contributed by atoms with Crippen molar-refractivity contribution in [2.75, 3.05) is 7.05 Å². The first-order valence-electron chi connectivity index (χ1n) is 8.08. The minimum atomic E-state index is -2.88. The number of H-pyrrole nitrogens is 1. The van der Waals surface area contributed by atoms with Gasteiger partial charge < -0.3 is 19.8 Å². The van der Waals surface area contributed by atoms with Gasteiger partial charge in [-0.25, -0.2) is 4.98 Å². The first-order valence-corrected chi connectivity index (χ1v) is 8.08. The zero-order chi connectivity index (χ0) is 19.1. The number of rotatable bonds is 7. The van der Waals surface area contributed by atoms with Crippen molar-refractivity contribution in [2.45, 2.75) is 19.7 Å². The van der Waals surface area contributed by atoms with Gasteiger partial charge in [0.15, 0.2) is 11.7 Å². The Hall–Kier alpha value is -2.70. The van der Waals surface area contributed by atoms with E-state index in [4.69, 9.17) is 4.42 Å². The normalized spacial score (nSPS) is 11.2. The molecule has 2 aromatic heterocycles. The summed E-state index contributed by atoms with van der Waals surface area (Å²) in [6.07, 6.45) is 1.55. The molecule has 2 heterocycles. The molecule has 0 unspecified atom stereocenters. The number of ether oxygens (including phenoxy) is 1. The molecule has 0 radical (unpaired) electrons. The molecular weight excluding hydrogens is 485 g/mol. The molecule has 0 saturated carbocycles. The number of benzene rings is 1. The van der Waals surface area contributed by atoms with Crippen LogP contribution in [0.2, 0.25) is 0 Å². The fourth-order valence-electron chi connectivity index (χ4n) is 2.32. The van der Waals surface area contributed by atoms with Crippen LogP contribution in [0.3, 0.4) is 0 Å². The SMILES string of the molecule is CN=C(NCc1nc(-c2ccco2)n[nH]1)NCc1ccccc1OC(F)F.I. The predicted octanol–water partition coefficient (Wildman–Crippen LogP) is 3.15. The molecule has 1 aromatic carbocycles. The molecule has 0 spiro atoms. The van der Waals surface area contributed by atoms with E-state index in [1.165, 1.54) is 6.07 Å². The fraction of sp³-hybridized carbons (Fsp3) is 0.235. The summed E-state index contributed by atoms with van der Waals surface area (Å²) in [6, 6.07) is 10.1. The van der Waals surface area contributed by atoms with Crippen LogP contribution in [-0.4, -0.2) is 34.8 Å². The average molecular weight is 504 g/mol. The zero-order valence-corrected chi connectivity index (χ0v) is 17.2. The molecule has 8 nitrogen and oxygen atoms in total. The second-order valence-electron chi connectivity index (χ2n) is 5.35. The number of aromatic amines is 1. The number of nitrogens with one attached hydrogen (secondary N) is 3. The van der Waals surface area contributed by atoms with Crippen LogP contribution in [0, 0.1) is 0 Å². The minimum absolute atomic E-state index is 0. The van der Waals surface area contributed by atoms with E-state index in [0.717, 1.165) is 0 Å². The molecule has 11 heteroatoms. The molecular formula is C17H19F2IN6O2. The van der Waals surface area contributed by atoms with Crippen LogP contribution in [0.25, 0.3) is 11.6 Å². The van der Waals surface area contributed by atoms with Gasteiger partial charge in [0.05, 0.1) is 12.8 Å². The lowest BCUT2D eigenvalue weighted by Gasteiger charge is -2.14. The second kappa shape index (κ2) is 10.6. The first kappa shape index (κ1) is 21.6. The van der Waals surface area contributed by atoms with Gasteiger partial charge in [-0.2, -0.15) is 8.78 Å². The number of para-hydroxylation sites is 1. The highest BCUT2D eigenvalue weighted by Crippen LogP contribution is 2.20. The van der Waals surface area contributed by atoms with E-state index in [0.29, 0.717) is 35.5 Å². The Kier molecular flexibility index (Phi) is 8.17. The van der Waals surface area contributed by atoms with Crippen LogP contribution in [0.15, 0.2) is 52.1 Å². The van der Waals surface area contributed by atoms with Crippen molar-refractivity contribution >= 4 is 29.9 Å². The van der Waals surface area contributed by atoms with Crippen molar-refractivity contribution in [3.05, 3.63) is 54.0 Å². The highest BCUT2D eigenvalue weighted by molar-refractivity contribution is 14.0. The Morgan fingerprint density at radius 2 is 2.00 bits per heavy atom. The van der Waals surface area contributed by atoms with Crippen LogP contribution in [-0.2, 0) is 13.1 Å². The lowest BCUT2D eigenvalue weighted by Crippen LogP contribution is -2.36. The van der Waals surface area contributed by atoms with E-state index in [2.05, 4.69) is 35.5 Å². The summed E-state index contributed by atoms with van der Waals surface area (Å²) < 4.78 is 34.7. The topological polar surface area (TPSA) is 100 Å². The third-order valence-corrected chi connectivity index (χ3v) is 3.56. The molecule has 28 heavy (non-hydrogen) atoms. The van der Waals surface area contributed by atoms with Crippen molar-refractivity contribution in [3.8, 4) is 17.3 Å². The maximum Gasteiger partial charge on any atom is 0.387 e. The largest absolute Gasteiger partial charge is 0.461 e. The summed E-state index contributed by atoms with van der Waals surface area (Å²) in [5, 5.41) is 13.0. The molecule has 0 atom stereocenters. The number of furan rings is 1. The van der Waals surface area contributed by atoms with Crippen LogP contribution < -0.4 is 15.4 Å². The number of halogens is 3. The molecule has 0 bridgehead atoms. The molecule has 3 aromatic rings. The third-order valence-electron chi connectivity index (χ3n) is 3.56. The summed E-state index contributed by atoms with van der Waals surface area (Å²) in [6.45, 7) is -2.28. The number of aliphatic imine (C=N–C) groups is 1. The van der Waals surface area contributed by atoms with Gasteiger partial charge >= 0.3 is 6.61 Å². The van der Waals surface area contributed by atoms with Crippen molar-refractivity contribution in [2.24, 2.45) is 4.99 Å². The number of hydrogen-bond donors (Lipinski definition) is 3. The van der Waals surface area contributed by atoms with E-state index < -0.39 is 6.61 Å². The minimum Gasteiger partial charge on any atom is -0.461 e. The zero-order valence-electron chi connectivity index (χ0n) is 14.9. The molecule has 0 aliphatic carbocycles. The van der Waals surface area contributed by atoms with Gasteiger partial charge in [0.2, 0.25) is 5.82 Å². The van der Waals surface area contributed by atoms with Gasteiger partial charge in [-0.3, -0.25) is 10.1 Å². The molecule has 0 fully saturated rings. The molecule has 0 amide bonds. The molecule has 0 saturated heterocycles. The van der Waals surface area contributed by atoms with E-state index in [1.807, 2.05) is 0 Å². The van der Waals surface area contributed by atoms with Gasteiger partial charge in [-0.15, -0.1) is 29.1 Å². The van der Waals surface area contributed by atoms with Crippen molar-refractivity contribution < 1.29 is 17.9 Å². The van der Waals surface area contributed by atoms with E-state index in [9.17, 15) is 8.78 Å². The van der Waals surface area contributed by atoms with Crippen LogP contribution >= 0.6 is 24.0 Å². The summed E-state index contributed by atoms with van der Waals surface area (Å²) in [5.41, 5.74) is 0.584. The summed E-state index contributed by atoms with van der Waals surface area (Å²) in [5.74, 6) is 2.20. The molecule has 3 N–H and O–H groups in total. The maximum absolute atomic E-state index is 12.5. The van der Waals surface area contributed by atoms with Gasteiger partial charge in [-0.05, 0) is 18.2 Å². The van der Waals surface area contributed by atoms with Gasteiger partial charge in [0.25, 0.3) is 0 Å². The summed E-state index contributed by atoms with van der Waals surface area (Å²) in [7, 11) is 1.60. The van der Waals surface area contributed by atoms with E-state index in [1.54, 1.807) is 43.6 Å². The van der Waals surface area contributed by atoms with Crippen molar-refractivity contribution in [1.82, 2.24) is 25.8 Å². The van der Waals surface area contributed by atoms with Crippen molar-refractivity contribution in [3.63, 3.8) is 0 Å². The average Bonchev–Trinajstić information content (AvgIpc) is 3.34. The van der Waals surface area contributed by atoms with Gasteiger partial charge in [-0.1, -0.05) is 18.2 Å². The Morgan fingerprint density at radius 3 is 2.71 bits per heavy atom. The van der Waals surface area contributed by atoms with Crippen molar-refractivity contribution in [1.29, 1.82) is 0 Å². The lowest BCUT2D eigenvalue weighted by atomic mass is 10.2. The smallest absolute Gasteiger partial charge is 0.387 e. The monoisotopic (exact) mass is 504 g/mol. The maximum atomic E-state index is 12.5. The predicted molar refractivity (Wildman–Crippen MR) is 110 cm³/mol. The highest BCUT2D eigenvalue weighted by Gasteiger charge is 2.11. The molecule has 3 rings (SSSR count). The van der Waals surface area contributed by atoms with Crippen LogP contribution in [0.1, 0.15) is 11.4 Å². The Balaban J connectivity index is 0.00000280. The number of hydrogen-bond acceptors (Lipinski definition) is 5. The Morgan fingerprint density at radius 1 is 1.21 bits per heavy atom. The lowest BCUT2D eigenvalue weighted by molar-refractivity contribution is -0.0504. The Labute approximate surface area is 176 Å². The number of guanidine groups is 1. The quantitative estimate of drug-likeness (QED) is 0.260. The van der Waals surface area contributed by atoms with E-state index >= 15 is 0 Å². The second-order valence-corrected chi connectivity index (χ2v) is 5.35. The molecule has 150 valence electrons. The van der Waals surface area contributed by atoms with Gasteiger partial charge in [0, 0.05) is 19.2 Å². The summed E-state index contributed by atoms with van der Waals surface area (Å²) >= 11 is 0. The number of nitrogens with zero attached hydrogens (tertiary/aromatic N) is 3. The standard InChI is InChI=1S/C17H18F2N6O2.HI/c1-20-17(21-9-11-5-2-3-6-12(11)27-16(18)19)22-10-14-23-15(25-24-14)13-7-4-8-26-13;/h2-8,16H,9-10H2,1H3,(H2,20,21,22)(H,23,24,25);1H. The fourth-order valence-corrected chi connectivity index (χ4v) is 2.32.